The van der Waals surface area contributed by atoms with Crippen LogP contribution in [0.2, 0.25) is 0 Å². The number of nitro groups is 1. The normalized spacial score (nSPS) is 10.1. The van der Waals surface area contributed by atoms with Gasteiger partial charge in [0.25, 0.3) is 5.69 Å². The lowest BCUT2D eigenvalue weighted by Crippen LogP contribution is -1.92. The highest BCUT2D eigenvalue weighted by Crippen LogP contribution is 2.25. The van der Waals surface area contributed by atoms with E-state index in [1.54, 1.807) is 0 Å². The fraction of sp³-hybridized carbons (Fsp3) is 0. The van der Waals surface area contributed by atoms with Gasteiger partial charge in [-0.25, -0.2) is 4.39 Å². The van der Waals surface area contributed by atoms with E-state index in [4.69, 9.17) is 0 Å². The standard InChI is InChI=1S/C10H6FN3O2/c11-10-2-1-8(14(15)16)5-9(10)7-3-4-12-13-6-7/h1-6H. The van der Waals surface area contributed by atoms with Crippen molar-refractivity contribution in [3.63, 3.8) is 0 Å². The molecule has 16 heavy (non-hydrogen) atoms. The van der Waals surface area contributed by atoms with Gasteiger partial charge in [-0.15, -0.1) is 0 Å². The lowest BCUT2D eigenvalue weighted by molar-refractivity contribution is -0.384. The first-order valence-corrected chi connectivity index (χ1v) is 4.39. The number of hydrogen-bond acceptors (Lipinski definition) is 4. The van der Waals surface area contributed by atoms with Crippen LogP contribution in [-0.2, 0) is 0 Å². The molecule has 0 aliphatic rings. The zero-order chi connectivity index (χ0) is 11.5. The average Bonchev–Trinajstić information content (AvgIpc) is 2.30. The van der Waals surface area contributed by atoms with E-state index in [0.29, 0.717) is 5.56 Å². The molecule has 6 heteroatoms. The molecule has 0 radical (unpaired) electrons. The minimum atomic E-state index is -0.572. The van der Waals surface area contributed by atoms with Crippen molar-refractivity contribution in [3.05, 3.63) is 52.6 Å². The highest BCUT2D eigenvalue weighted by Gasteiger charge is 2.12. The maximum Gasteiger partial charge on any atom is 0.270 e. The van der Waals surface area contributed by atoms with E-state index in [2.05, 4.69) is 10.2 Å². The lowest BCUT2D eigenvalue weighted by Gasteiger charge is -2.01. The molecule has 0 saturated heterocycles. The Bertz CT molecular complexity index is 531. The van der Waals surface area contributed by atoms with E-state index in [0.717, 1.165) is 12.1 Å². The van der Waals surface area contributed by atoms with Crippen LogP contribution < -0.4 is 0 Å². The SMILES string of the molecule is O=[N+]([O-])c1ccc(F)c(-c2ccnnc2)c1. The van der Waals surface area contributed by atoms with Gasteiger partial charge in [-0.3, -0.25) is 10.1 Å². The van der Waals surface area contributed by atoms with E-state index in [1.807, 2.05) is 0 Å². The van der Waals surface area contributed by atoms with E-state index in [-0.39, 0.29) is 11.3 Å². The zero-order valence-electron chi connectivity index (χ0n) is 8.00. The van der Waals surface area contributed by atoms with Crippen LogP contribution in [-0.4, -0.2) is 15.1 Å². The van der Waals surface area contributed by atoms with Crippen molar-refractivity contribution < 1.29 is 9.31 Å². The van der Waals surface area contributed by atoms with Crippen molar-refractivity contribution in [2.24, 2.45) is 0 Å². The highest BCUT2D eigenvalue weighted by atomic mass is 19.1. The average molecular weight is 219 g/mol. The topological polar surface area (TPSA) is 68.9 Å². The van der Waals surface area contributed by atoms with Crippen molar-refractivity contribution in [1.29, 1.82) is 0 Å². The molecule has 0 N–H and O–H groups in total. The second-order valence-corrected chi connectivity index (χ2v) is 3.05. The first-order chi connectivity index (χ1) is 7.68. The Hall–Kier alpha value is -2.37. The summed E-state index contributed by atoms with van der Waals surface area (Å²) in [6.45, 7) is 0. The molecule has 5 nitrogen and oxygen atoms in total. The molecule has 2 aromatic rings. The van der Waals surface area contributed by atoms with Gasteiger partial charge in [-0.2, -0.15) is 10.2 Å². The molecule has 80 valence electrons. The summed E-state index contributed by atoms with van der Waals surface area (Å²) >= 11 is 0. The molecule has 0 fully saturated rings. The Morgan fingerprint density at radius 3 is 2.69 bits per heavy atom. The molecule has 0 spiro atoms. The minimum absolute atomic E-state index is 0.143. The van der Waals surface area contributed by atoms with Crippen LogP contribution in [0.25, 0.3) is 11.1 Å². The smallest absolute Gasteiger partial charge is 0.258 e. The number of nitrogens with zero attached hydrogens (tertiary/aromatic N) is 3. The molecule has 0 saturated carbocycles. The van der Waals surface area contributed by atoms with Gasteiger partial charge in [0.05, 0.1) is 17.3 Å². The molecule has 0 aliphatic carbocycles. The van der Waals surface area contributed by atoms with E-state index < -0.39 is 10.7 Å². The van der Waals surface area contributed by atoms with Crippen LogP contribution in [0.5, 0.6) is 0 Å². The van der Waals surface area contributed by atoms with Crippen LogP contribution in [0.4, 0.5) is 10.1 Å². The Balaban J connectivity index is 2.56. The van der Waals surface area contributed by atoms with Crippen LogP contribution in [0.15, 0.2) is 36.7 Å². The highest BCUT2D eigenvalue weighted by molar-refractivity contribution is 5.65. The maximum atomic E-state index is 13.4. The maximum absolute atomic E-state index is 13.4. The molecule has 2 rings (SSSR count). The third kappa shape index (κ3) is 1.85. The van der Waals surface area contributed by atoms with Gasteiger partial charge in [-0.05, 0) is 12.1 Å². The second kappa shape index (κ2) is 4.01. The van der Waals surface area contributed by atoms with Gasteiger partial charge >= 0.3 is 0 Å². The predicted octanol–water partition coefficient (Wildman–Crippen LogP) is 2.19. The fourth-order valence-corrected chi connectivity index (χ4v) is 1.30. The summed E-state index contributed by atoms with van der Waals surface area (Å²) in [6, 6.07) is 4.89. The monoisotopic (exact) mass is 219 g/mol. The predicted molar refractivity (Wildman–Crippen MR) is 54.1 cm³/mol. The Labute approximate surface area is 89.7 Å². The minimum Gasteiger partial charge on any atom is -0.258 e. The first-order valence-electron chi connectivity index (χ1n) is 4.39. The van der Waals surface area contributed by atoms with Gasteiger partial charge in [0.1, 0.15) is 5.82 Å². The summed E-state index contributed by atoms with van der Waals surface area (Å²) in [6.07, 6.45) is 2.75. The number of rotatable bonds is 2. The molecular formula is C10H6FN3O2. The van der Waals surface area contributed by atoms with Crippen LogP contribution in [0.1, 0.15) is 0 Å². The third-order valence-electron chi connectivity index (χ3n) is 2.06. The molecule has 0 aliphatic heterocycles. The second-order valence-electron chi connectivity index (χ2n) is 3.05. The molecule has 1 aromatic heterocycles. The molecule has 1 heterocycles. The summed E-state index contributed by atoms with van der Waals surface area (Å²) in [5, 5.41) is 17.7. The Kier molecular flexibility index (Phi) is 2.55. The molecule has 0 amide bonds. The molecule has 1 aromatic carbocycles. The number of nitro benzene ring substituents is 1. The van der Waals surface area contributed by atoms with Crippen molar-refractivity contribution in [2.45, 2.75) is 0 Å². The van der Waals surface area contributed by atoms with Crippen molar-refractivity contribution >= 4 is 5.69 Å². The van der Waals surface area contributed by atoms with E-state index in [1.165, 1.54) is 24.5 Å². The zero-order valence-corrected chi connectivity index (χ0v) is 8.00. The number of benzene rings is 1. The van der Waals surface area contributed by atoms with Crippen LogP contribution >= 0.6 is 0 Å². The fourth-order valence-electron chi connectivity index (χ4n) is 1.30. The Morgan fingerprint density at radius 2 is 2.06 bits per heavy atom. The summed E-state index contributed by atoms with van der Waals surface area (Å²) in [5.41, 5.74) is 0.438. The summed E-state index contributed by atoms with van der Waals surface area (Å²) < 4.78 is 13.4. The van der Waals surface area contributed by atoms with Crippen LogP contribution in [0.3, 0.4) is 0 Å². The summed E-state index contributed by atoms with van der Waals surface area (Å²) in [4.78, 5) is 9.98. The van der Waals surface area contributed by atoms with E-state index >= 15 is 0 Å². The van der Waals surface area contributed by atoms with Gasteiger partial charge in [0.15, 0.2) is 0 Å². The number of non-ortho nitro benzene ring substituents is 1. The van der Waals surface area contributed by atoms with E-state index in [9.17, 15) is 14.5 Å². The number of hydrogen-bond donors (Lipinski definition) is 0. The summed E-state index contributed by atoms with van der Waals surface area (Å²) in [7, 11) is 0. The van der Waals surface area contributed by atoms with Gasteiger partial charge in [0, 0.05) is 23.3 Å². The Morgan fingerprint density at radius 1 is 1.25 bits per heavy atom. The third-order valence-corrected chi connectivity index (χ3v) is 2.06. The van der Waals surface area contributed by atoms with Gasteiger partial charge in [0.2, 0.25) is 0 Å². The van der Waals surface area contributed by atoms with Gasteiger partial charge in [-0.1, -0.05) is 0 Å². The van der Waals surface area contributed by atoms with Crippen molar-refractivity contribution in [2.75, 3.05) is 0 Å². The molecule has 0 unspecified atom stereocenters. The summed E-state index contributed by atoms with van der Waals surface area (Å²) in [5.74, 6) is -0.529. The number of halogens is 1. The quantitative estimate of drug-likeness (QED) is 0.573. The van der Waals surface area contributed by atoms with Crippen molar-refractivity contribution in [1.82, 2.24) is 10.2 Å². The molecular weight excluding hydrogens is 213 g/mol. The molecule has 0 atom stereocenters. The van der Waals surface area contributed by atoms with Crippen LogP contribution in [0, 0.1) is 15.9 Å². The molecule has 0 bridgehead atoms. The first kappa shape index (κ1) is 10.2. The van der Waals surface area contributed by atoms with Crippen molar-refractivity contribution in [3.8, 4) is 11.1 Å². The van der Waals surface area contributed by atoms with Gasteiger partial charge < -0.3 is 0 Å². The number of aromatic nitrogens is 2. The lowest BCUT2D eigenvalue weighted by atomic mass is 10.1. The largest absolute Gasteiger partial charge is 0.270 e.